The van der Waals surface area contributed by atoms with Gasteiger partial charge in [0.25, 0.3) is 5.91 Å². The lowest BCUT2D eigenvalue weighted by Crippen LogP contribution is -2.44. The summed E-state index contributed by atoms with van der Waals surface area (Å²) >= 11 is 0. The Morgan fingerprint density at radius 2 is 1.83 bits per heavy atom. The first-order valence-corrected chi connectivity index (χ1v) is 11.6. The van der Waals surface area contributed by atoms with E-state index in [0.717, 1.165) is 29.3 Å². The normalized spacial score (nSPS) is 13.7. The number of methoxy groups -OCH3 is 1. The van der Waals surface area contributed by atoms with E-state index in [2.05, 4.69) is 10.3 Å². The number of carbonyl (C=O) groups excluding carboxylic acids is 2. The zero-order chi connectivity index (χ0) is 24.8. The molecule has 1 aromatic heterocycles. The molecular weight excluding hydrogens is 450 g/mol. The number of carboxylic acids is 1. The van der Waals surface area contributed by atoms with Crippen LogP contribution in [0, 0.1) is 0 Å². The van der Waals surface area contributed by atoms with Gasteiger partial charge < -0.3 is 29.8 Å². The summed E-state index contributed by atoms with van der Waals surface area (Å²) in [4.78, 5) is 42.0. The molecule has 3 N–H and O–H groups in total. The SMILES string of the molecule is COc1ccccc1OCC(=O)N(CCC(=O)NC(Cc1c[nH]c2ccccc12)C(=O)O)C1CC1. The van der Waals surface area contributed by atoms with E-state index in [0.29, 0.717) is 11.5 Å². The van der Waals surface area contributed by atoms with Gasteiger partial charge in [-0.15, -0.1) is 0 Å². The minimum Gasteiger partial charge on any atom is -0.493 e. The molecule has 0 aliphatic heterocycles. The standard InChI is InChI=1S/C26H29N3O6/c1-34-22-8-4-5-9-23(22)35-16-25(31)29(18-10-11-18)13-12-24(30)28-21(26(32)33)14-17-15-27-20-7-3-2-6-19(17)20/h2-9,15,18,21,27H,10-14,16H2,1H3,(H,28,30)(H,32,33). The maximum absolute atomic E-state index is 12.8. The van der Waals surface area contributed by atoms with Crippen LogP contribution in [0.1, 0.15) is 24.8 Å². The number of nitrogens with zero attached hydrogens (tertiary/aromatic N) is 1. The number of benzene rings is 2. The monoisotopic (exact) mass is 479 g/mol. The third-order valence-electron chi connectivity index (χ3n) is 6.04. The van der Waals surface area contributed by atoms with E-state index in [4.69, 9.17) is 9.47 Å². The Morgan fingerprint density at radius 1 is 1.11 bits per heavy atom. The molecule has 1 unspecified atom stereocenters. The van der Waals surface area contributed by atoms with Crippen LogP contribution < -0.4 is 14.8 Å². The highest BCUT2D eigenvalue weighted by Crippen LogP contribution is 2.29. The predicted molar refractivity (Wildman–Crippen MR) is 129 cm³/mol. The van der Waals surface area contributed by atoms with Crippen LogP contribution in [0.25, 0.3) is 10.9 Å². The Kier molecular flexibility index (Phi) is 7.54. The molecule has 1 aliphatic carbocycles. The second-order valence-corrected chi connectivity index (χ2v) is 8.53. The summed E-state index contributed by atoms with van der Waals surface area (Å²) in [6, 6.07) is 13.7. The number of aromatic amines is 1. The van der Waals surface area contributed by atoms with Gasteiger partial charge in [-0.3, -0.25) is 9.59 Å². The fourth-order valence-electron chi connectivity index (χ4n) is 4.07. The predicted octanol–water partition coefficient (Wildman–Crippen LogP) is 2.75. The molecule has 0 spiro atoms. The molecule has 35 heavy (non-hydrogen) atoms. The van der Waals surface area contributed by atoms with E-state index in [1.54, 1.807) is 29.3 Å². The molecule has 3 aromatic rings. The Morgan fingerprint density at radius 3 is 2.54 bits per heavy atom. The highest BCUT2D eigenvalue weighted by molar-refractivity contribution is 5.87. The van der Waals surface area contributed by atoms with Gasteiger partial charge in [0.15, 0.2) is 18.1 Å². The number of hydrogen-bond donors (Lipinski definition) is 3. The summed E-state index contributed by atoms with van der Waals surface area (Å²) in [6.45, 7) is 0.0286. The first-order chi connectivity index (χ1) is 17.0. The van der Waals surface area contributed by atoms with Crippen molar-refractivity contribution in [2.45, 2.75) is 37.8 Å². The number of H-pyrrole nitrogens is 1. The average molecular weight is 480 g/mol. The Hall–Kier alpha value is -4.01. The number of hydrogen-bond acceptors (Lipinski definition) is 5. The summed E-state index contributed by atoms with van der Waals surface area (Å²) in [7, 11) is 1.53. The molecule has 0 saturated heterocycles. The van der Waals surface area contributed by atoms with Crippen LogP contribution in [0.2, 0.25) is 0 Å². The summed E-state index contributed by atoms with van der Waals surface area (Å²) in [5.41, 5.74) is 1.73. The van der Waals surface area contributed by atoms with Crippen LogP contribution in [0.5, 0.6) is 11.5 Å². The average Bonchev–Trinajstić information content (AvgIpc) is 3.62. The van der Waals surface area contributed by atoms with Crippen LogP contribution in [-0.4, -0.2) is 65.1 Å². The first kappa shape index (κ1) is 24.1. The zero-order valence-corrected chi connectivity index (χ0v) is 19.5. The largest absolute Gasteiger partial charge is 0.493 e. The van der Waals surface area contributed by atoms with Crippen molar-refractivity contribution in [2.24, 2.45) is 0 Å². The highest BCUT2D eigenvalue weighted by Gasteiger charge is 2.33. The minimum atomic E-state index is -1.11. The lowest BCUT2D eigenvalue weighted by Gasteiger charge is -2.23. The lowest BCUT2D eigenvalue weighted by atomic mass is 10.0. The van der Waals surface area contributed by atoms with Crippen molar-refractivity contribution in [3.8, 4) is 11.5 Å². The molecule has 4 rings (SSSR count). The smallest absolute Gasteiger partial charge is 0.326 e. The summed E-state index contributed by atoms with van der Waals surface area (Å²) in [5.74, 6) is -0.740. The minimum absolute atomic E-state index is 0.00849. The van der Waals surface area contributed by atoms with Gasteiger partial charge in [-0.2, -0.15) is 0 Å². The van der Waals surface area contributed by atoms with Crippen molar-refractivity contribution < 1.29 is 29.0 Å². The molecule has 2 aromatic carbocycles. The van der Waals surface area contributed by atoms with Crippen LogP contribution in [0.4, 0.5) is 0 Å². The van der Waals surface area contributed by atoms with Crippen LogP contribution in [-0.2, 0) is 20.8 Å². The van der Waals surface area contributed by atoms with Gasteiger partial charge in [0.05, 0.1) is 7.11 Å². The molecular formula is C26H29N3O6. The van der Waals surface area contributed by atoms with Gasteiger partial charge in [0.1, 0.15) is 6.04 Å². The topological polar surface area (TPSA) is 121 Å². The van der Waals surface area contributed by atoms with Gasteiger partial charge in [0.2, 0.25) is 5.91 Å². The van der Waals surface area contributed by atoms with Crippen molar-refractivity contribution in [3.63, 3.8) is 0 Å². The van der Waals surface area contributed by atoms with Gasteiger partial charge in [-0.25, -0.2) is 4.79 Å². The Bertz CT molecular complexity index is 1200. The van der Waals surface area contributed by atoms with Crippen LogP contribution >= 0.6 is 0 Å². The van der Waals surface area contributed by atoms with Gasteiger partial charge in [-0.1, -0.05) is 30.3 Å². The van der Waals surface area contributed by atoms with E-state index >= 15 is 0 Å². The van der Waals surface area contributed by atoms with Crippen molar-refractivity contribution >= 4 is 28.7 Å². The van der Waals surface area contributed by atoms with Gasteiger partial charge in [0, 0.05) is 42.5 Å². The molecule has 0 radical (unpaired) electrons. The van der Waals surface area contributed by atoms with Crippen LogP contribution in [0.3, 0.4) is 0 Å². The number of fused-ring (bicyclic) bond motifs is 1. The number of carbonyl (C=O) groups is 3. The molecule has 1 atom stereocenters. The molecule has 184 valence electrons. The zero-order valence-electron chi connectivity index (χ0n) is 19.5. The molecule has 2 amide bonds. The lowest BCUT2D eigenvalue weighted by molar-refractivity contribution is -0.142. The molecule has 0 bridgehead atoms. The maximum Gasteiger partial charge on any atom is 0.326 e. The van der Waals surface area contributed by atoms with Crippen molar-refractivity contribution in [2.75, 3.05) is 20.3 Å². The third-order valence-corrected chi connectivity index (χ3v) is 6.04. The molecule has 1 saturated carbocycles. The number of aromatic nitrogens is 1. The van der Waals surface area contributed by atoms with E-state index in [-0.39, 0.29) is 37.9 Å². The number of nitrogens with one attached hydrogen (secondary N) is 2. The second kappa shape index (κ2) is 10.9. The third kappa shape index (κ3) is 6.11. The van der Waals surface area contributed by atoms with Crippen molar-refractivity contribution in [3.05, 3.63) is 60.3 Å². The number of aliphatic carboxylic acids is 1. The number of amides is 2. The molecule has 9 nitrogen and oxygen atoms in total. The number of rotatable bonds is 12. The molecule has 1 aliphatic rings. The Labute approximate surface area is 203 Å². The van der Waals surface area contributed by atoms with E-state index in [1.807, 2.05) is 30.3 Å². The molecule has 9 heteroatoms. The highest BCUT2D eigenvalue weighted by atomic mass is 16.5. The van der Waals surface area contributed by atoms with E-state index < -0.39 is 17.9 Å². The van der Waals surface area contributed by atoms with Gasteiger partial charge in [-0.05, 0) is 36.6 Å². The molecule has 1 heterocycles. The van der Waals surface area contributed by atoms with Crippen molar-refractivity contribution in [1.82, 2.24) is 15.2 Å². The fraction of sp³-hybridized carbons (Fsp3) is 0.346. The van der Waals surface area contributed by atoms with Crippen molar-refractivity contribution in [1.29, 1.82) is 0 Å². The summed E-state index contributed by atoms with van der Waals surface area (Å²) in [6.07, 6.45) is 3.68. The summed E-state index contributed by atoms with van der Waals surface area (Å²) in [5, 5.41) is 13.2. The van der Waals surface area contributed by atoms with E-state index in [9.17, 15) is 19.5 Å². The summed E-state index contributed by atoms with van der Waals surface area (Å²) < 4.78 is 10.9. The first-order valence-electron chi connectivity index (χ1n) is 11.6. The second-order valence-electron chi connectivity index (χ2n) is 8.53. The fourth-order valence-corrected chi connectivity index (χ4v) is 4.07. The maximum atomic E-state index is 12.8. The number of para-hydroxylation sites is 3. The molecule has 1 fully saturated rings. The van der Waals surface area contributed by atoms with Gasteiger partial charge >= 0.3 is 5.97 Å². The number of ether oxygens (including phenoxy) is 2. The Balaban J connectivity index is 1.32. The van der Waals surface area contributed by atoms with E-state index in [1.165, 1.54) is 7.11 Å². The van der Waals surface area contributed by atoms with Crippen LogP contribution in [0.15, 0.2) is 54.7 Å². The quantitative estimate of drug-likeness (QED) is 0.367. The number of carboxylic acid groups (broad SMARTS) is 1.